The number of nitrogens with zero attached hydrogens (tertiary/aromatic N) is 2. The molecule has 5 heteroatoms. The van der Waals surface area contributed by atoms with Crippen LogP contribution < -0.4 is 5.32 Å². The molecule has 0 amide bonds. The summed E-state index contributed by atoms with van der Waals surface area (Å²) in [7, 11) is 0. The number of hydrogen-bond donors (Lipinski definition) is 2. The van der Waals surface area contributed by atoms with Gasteiger partial charge in [0.2, 0.25) is 0 Å². The quantitative estimate of drug-likeness (QED) is 0.763. The smallest absolute Gasteiger partial charge is 0.0901 e. The molecule has 0 aliphatic heterocycles. The van der Waals surface area contributed by atoms with Crippen molar-refractivity contribution in [2.75, 3.05) is 5.32 Å². The Hall–Kier alpha value is -2.14. The molecule has 3 aromatic rings. The van der Waals surface area contributed by atoms with Crippen LogP contribution in [0.2, 0.25) is 0 Å². The summed E-state index contributed by atoms with van der Waals surface area (Å²) >= 11 is 1.67. The van der Waals surface area contributed by atoms with Gasteiger partial charge in [-0.1, -0.05) is 12.1 Å². The molecule has 2 N–H and O–H groups in total. The van der Waals surface area contributed by atoms with Crippen LogP contribution >= 0.6 is 11.3 Å². The summed E-state index contributed by atoms with van der Waals surface area (Å²) in [6.45, 7) is 2.76. The van der Waals surface area contributed by atoms with Gasteiger partial charge < -0.3 is 5.32 Å². The van der Waals surface area contributed by atoms with Crippen molar-refractivity contribution in [2.24, 2.45) is 0 Å². The zero-order chi connectivity index (χ0) is 13.1. The third-order valence-corrected chi connectivity index (χ3v) is 3.59. The number of aromatic nitrogens is 3. The molecule has 0 unspecified atom stereocenters. The second kappa shape index (κ2) is 5.24. The number of thiazole rings is 1. The van der Waals surface area contributed by atoms with Gasteiger partial charge >= 0.3 is 0 Å². The van der Waals surface area contributed by atoms with Crippen LogP contribution in [-0.2, 0) is 6.54 Å². The second-order valence-corrected chi connectivity index (χ2v) is 5.33. The summed E-state index contributed by atoms with van der Waals surface area (Å²) in [5, 5.41) is 13.4. The van der Waals surface area contributed by atoms with Gasteiger partial charge in [-0.2, -0.15) is 5.10 Å². The topological polar surface area (TPSA) is 53.6 Å². The zero-order valence-corrected chi connectivity index (χ0v) is 11.4. The number of H-pyrrole nitrogens is 1. The summed E-state index contributed by atoms with van der Waals surface area (Å²) in [5.74, 6) is 0. The van der Waals surface area contributed by atoms with Gasteiger partial charge in [-0.25, -0.2) is 4.98 Å². The van der Waals surface area contributed by atoms with E-state index < -0.39 is 0 Å². The first-order valence-electron chi connectivity index (χ1n) is 6.06. The van der Waals surface area contributed by atoms with E-state index in [0.29, 0.717) is 0 Å². The predicted octanol–water partition coefficient (Wildman–Crippen LogP) is 3.45. The molecule has 2 aromatic heterocycles. The van der Waals surface area contributed by atoms with Crippen LogP contribution in [0.5, 0.6) is 0 Å². The Morgan fingerprint density at radius 3 is 3.00 bits per heavy atom. The molecule has 2 heterocycles. The van der Waals surface area contributed by atoms with Gasteiger partial charge in [-0.15, -0.1) is 11.3 Å². The third-order valence-electron chi connectivity index (χ3n) is 2.82. The SMILES string of the molecule is Cc1nc(-c2cccc(NCc3ccn[nH]3)c2)cs1. The molecule has 0 bridgehead atoms. The molecule has 0 aliphatic carbocycles. The first kappa shape index (κ1) is 11.9. The maximum Gasteiger partial charge on any atom is 0.0901 e. The minimum absolute atomic E-state index is 0.736. The summed E-state index contributed by atoms with van der Waals surface area (Å²) in [6.07, 6.45) is 1.76. The molecule has 96 valence electrons. The van der Waals surface area contributed by atoms with Crippen LogP contribution in [0, 0.1) is 6.92 Å². The lowest BCUT2D eigenvalue weighted by molar-refractivity contribution is 0.981. The van der Waals surface area contributed by atoms with Crippen molar-refractivity contribution in [3.05, 3.63) is 52.6 Å². The Morgan fingerprint density at radius 1 is 1.32 bits per heavy atom. The lowest BCUT2D eigenvalue weighted by Gasteiger charge is -2.06. The minimum atomic E-state index is 0.736. The van der Waals surface area contributed by atoms with Gasteiger partial charge in [0.15, 0.2) is 0 Å². The van der Waals surface area contributed by atoms with Gasteiger partial charge in [0.1, 0.15) is 0 Å². The molecule has 0 radical (unpaired) electrons. The van der Waals surface area contributed by atoms with E-state index in [4.69, 9.17) is 0 Å². The normalized spacial score (nSPS) is 10.6. The molecule has 4 nitrogen and oxygen atoms in total. The van der Waals surface area contributed by atoms with Crippen molar-refractivity contribution in [1.82, 2.24) is 15.2 Å². The molecule has 0 fully saturated rings. The molecule has 3 rings (SSSR count). The third kappa shape index (κ3) is 2.82. The molecule has 0 saturated heterocycles. The fourth-order valence-electron chi connectivity index (χ4n) is 1.86. The average Bonchev–Trinajstić information content (AvgIpc) is 3.08. The largest absolute Gasteiger partial charge is 0.379 e. The van der Waals surface area contributed by atoms with Crippen LogP contribution in [0.15, 0.2) is 41.9 Å². The van der Waals surface area contributed by atoms with E-state index in [1.165, 1.54) is 0 Å². The molecule has 0 atom stereocenters. The summed E-state index contributed by atoms with van der Waals surface area (Å²) < 4.78 is 0. The highest BCUT2D eigenvalue weighted by Crippen LogP contribution is 2.24. The number of anilines is 1. The minimum Gasteiger partial charge on any atom is -0.379 e. The fourth-order valence-corrected chi connectivity index (χ4v) is 2.49. The summed E-state index contributed by atoms with van der Waals surface area (Å²) in [6, 6.07) is 10.2. The number of benzene rings is 1. The van der Waals surface area contributed by atoms with Crippen molar-refractivity contribution in [1.29, 1.82) is 0 Å². The first-order valence-corrected chi connectivity index (χ1v) is 6.94. The van der Waals surface area contributed by atoms with E-state index in [2.05, 4.69) is 44.1 Å². The summed E-state index contributed by atoms with van der Waals surface area (Å²) in [5.41, 5.74) is 4.32. The van der Waals surface area contributed by atoms with Gasteiger partial charge in [-0.05, 0) is 25.1 Å². The molecule has 1 aromatic carbocycles. The highest BCUT2D eigenvalue weighted by Gasteiger charge is 2.03. The monoisotopic (exact) mass is 270 g/mol. The Balaban J connectivity index is 1.76. The molecule has 0 spiro atoms. The van der Waals surface area contributed by atoms with Gasteiger partial charge in [0.25, 0.3) is 0 Å². The standard InChI is InChI=1S/C14H14N4S/c1-10-17-14(9-19-10)11-3-2-4-12(7-11)15-8-13-5-6-16-18-13/h2-7,9,15H,8H2,1H3,(H,16,18). The van der Waals surface area contributed by atoms with E-state index in [9.17, 15) is 0 Å². The van der Waals surface area contributed by atoms with Crippen LogP contribution in [0.1, 0.15) is 10.7 Å². The van der Waals surface area contributed by atoms with Crippen LogP contribution in [-0.4, -0.2) is 15.2 Å². The fraction of sp³-hybridized carbons (Fsp3) is 0.143. The average molecular weight is 270 g/mol. The molecular weight excluding hydrogens is 256 g/mol. The van der Waals surface area contributed by atoms with Crippen LogP contribution in [0.3, 0.4) is 0 Å². The maximum absolute atomic E-state index is 4.51. The Bertz CT molecular complexity index is 658. The van der Waals surface area contributed by atoms with Crippen molar-refractivity contribution in [2.45, 2.75) is 13.5 Å². The summed E-state index contributed by atoms with van der Waals surface area (Å²) in [4.78, 5) is 4.51. The van der Waals surface area contributed by atoms with Crippen molar-refractivity contribution in [3.8, 4) is 11.3 Å². The second-order valence-electron chi connectivity index (χ2n) is 4.27. The van der Waals surface area contributed by atoms with E-state index in [0.717, 1.165) is 34.2 Å². The van der Waals surface area contributed by atoms with Crippen LogP contribution in [0.4, 0.5) is 5.69 Å². The number of rotatable bonds is 4. The molecule has 0 saturated carbocycles. The van der Waals surface area contributed by atoms with E-state index in [-0.39, 0.29) is 0 Å². The van der Waals surface area contributed by atoms with E-state index >= 15 is 0 Å². The Kier molecular flexibility index (Phi) is 3.29. The van der Waals surface area contributed by atoms with Crippen molar-refractivity contribution >= 4 is 17.0 Å². The number of nitrogens with one attached hydrogen (secondary N) is 2. The molecule has 0 aliphatic rings. The van der Waals surface area contributed by atoms with Crippen LogP contribution in [0.25, 0.3) is 11.3 Å². The van der Waals surface area contributed by atoms with Gasteiger partial charge in [0, 0.05) is 22.8 Å². The maximum atomic E-state index is 4.51. The lowest BCUT2D eigenvalue weighted by atomic mass is 10.1. The Labute approximate surface area is 115 Å². The van der Waals surface area contributed by atoms with E-state index in [1.54, 1.807) is 17.5 Å². The number of aromatic amines is 1. The highest BCUT2D eigenvalue weighted by molar-refractivity contribution is 7.09. The molecule has 19 heavy (non-hydrogen) atoms. The highest BCUT2D eigenvalue weighted by atomic mass is 32.1. The van der Waals surface area contributed by atoms with Gasteiger partial charge in [0.05, 0.1) is 22.9 Å². The number of aryl methyl sites for hydroxylation is 1. The van der Waals surface area contributed by atoms with Gasteiger partial charge in [-0.3, -0.25) is 5.10 Å². The molecular formula is C14H14N4S. The zero-order valence-electron chi connectivity index (χ0n) is 10.6. The predicted molar refractivity (Wildman–Crippen MR) is 78.2 cm³/mol. The van der Waals surface area contributed by atoms with Crippen molar-refractivity contribution < 1.29 is 0 Å². The Morgan fingerprint density at radius 2 is 2.26 bits per heavy atom. The number of hydrogen-bond acceptors (Lipinski definition) is 4. The first-order chi connectivity index (χ1) is 9.31. The van der Waals surface area contributed by atoms with Crippen molar-refractivity contribution in [3.63, 3.8) is 0 Å². The lowest BCUT2D eigenvalue weighted by Crippen LogP contribution is -1.99. The van der Waals surface area contributed by atoms with E-state index in [1.807, 2.05) is 19.1 Å².